The smallest absolute Gasteiger partial charge is 0.291 e. The number of methoxy groups -OCH3 is 1. The molecule has 0 saturated heterocycles. The average molecular weight is 352 g/mol. The van der Waals surface area contributed by atoms with Crippen molar-refractivity contribution in [3.05, 3.63) is 76.0 Å². The predicted molar refractivity (Wildman–Crippen MR) is 96.5 cm³/mol. The third kappa shape index (κ3) is 3.56. The number of rotatable bonds is 5. The predicted octanol–water partition coefficient (Wildman–Crippen LogP) is 4.42. The molecule has 0 fully saturated rings. The van der Waals surface area contributed by atoms with Gasteiger partial charge in [0.1, 0.15) is 11.5 Å². The number of nitro groups is 1. The molecule has 26 heavy (non-hydrogen) atoms. The quantitative estimate of drug-likeness (QED) is 0.541. The number of nitro benzene ring substituents is 1. The van der Waals surface area contributed by atoms with Crippen LogP contribution in [0.3, 0.4) is 0 Å². The van der Waals surface area contributed by atoms with E-state index in [0.717, 1.165) is 0 Å². The van der Waals surface area contributed by atoms with Gasteiger partial charge in [-0.2, -0.15) is 0 Å². The van der Waals surface area contributed by atoms with Crippen LogP contribution in [-0.2, 0) is 0 Å². The molecule has 0 atom stereocenters. The molecule has 3 aromatic rings. The molecule has 0 spiro atoms. The van der Waals surface area contributed by atoms with Crippen molar-refractivity contribution in [2.75, 3.05) is 12.4 Å². The normalized spacial score (nSPS) is 10.4. The topological polar surface area (TPSA) is 94.6 Å². The molecule has 0 aliphatic heterocycles. The molecule has 2 aromatic carbocycles. The zero-order chi connectivity index (χ0) is 18.7. The Labute approximate surface area is 149 Å². The van der Waals surface area contributed by atoms with Crippen LogP contribution in [0, 0.1) is 17.0 Å². The first kappa shape index (κ1) is 17.2. The van der Waals surface area contributed by atoms with Crippen LogP contribution in [0.2, 0.25) is 0 Å². The Kier molecular flexibility index (Phi) is 4.70. The van der Waals surface area contributed by atoms with E-state index in [0.29, 0.717) is 28.3 Å². The number of benzene rings is 2. The first-order chi connectivity index (χ1) is 12.5. The van der Waals surface area contributed by atoms with Crippen molar-refractivity contribution in [3.63, 3.8) is 0 Å². The Morgan fingerprint density at radius 2 is 1.96 bits per heavy atom. The lowest BCUT2D eigenvalue weighted by molar-refractivity contribution is -0.384. The van der Waals surface area contributed by atoms with E-state index < -0.39 is 10.8 Å². The summed E-state index contributed by atoms with van der Waals surface area (Å²) in [6.07, 6.45) is 0. The van der Waals surface area contributed by atoms with Crippen LogP contribution >= 0.6 is 0 Å². The van der Waals surface area contributed by atoms with E-state index in [1.165, 1.54) is 12.1 Å². The minimum Gasteiger partial charge on any atom is -0.497 e. The SMILES string of the molecule is COc1cccc(NC(=O)c2ccc(-c3ccc([N+](=O)[O-])cc3C)o2)c1. The molecule has 1 heterocycles. The third-order valence-corrected chi connectivity index (χ3v) is 3.84. The highest BCUT2D eigenvalue weighted by atomic mass is 16.6. The first-order valence-electron chi connectivity index (χ1n) is 7.78. The molecule has 132 valence electrons. The number of hydrogen-bond donors (Lipinski definition) is 1. The lowest BCUT2D eigenvalue weighted by Crippen LogP contribution is -2.10. The summed E-state index contributed by atoms with van der Waals surface area (Å²) in [7, 11) is 1.55. The molecule has 7 heteroatoms. The number of hydrogen-bond acceptors (Lipinski definition) is 5. The molecule has 0 aliphatic carbocycles. The summed E-state index contributed by atoms with van der Waals surface area (Å²) >= 11 is 0. The van der Waals surface area contributed by atoms with Crippen LogP contribution < -0.4 is 10.1 Å². The van der Waals surface area contributed by atoms with E-state index >= 15 is 0 Å². The van der Waals surface area contributed by atoms with Crippen molar-refractivity contribution in [1.29, 1.82) is 0 Å². The molecule has 1 amide bonds. The fourth-order valence-corrected chi connectivity index (χ4v) is 2.54. The van der Waals surface area contributed by atoms with Crippen LogP contribution in [-0.4, -0.2) is 17.9 Å². The molecule has 0 radical (unpaired) electrons. The van der Waals surface area contributed by atoms with Gasteiger partial charge in [-0.05, 0) is 42.8 Å². The van der Waals surface area contributed by atoms with E-state index in [1.807, 2.05) is 0 Å². The molecule has 3 rings (SSSR count). The molecule has 0 unspecified atom stereocenters. The number of anilines is 1. The first-order valence-corrected chi connectivity index (χ1v) is 7.78. The van der Waals surface area contributed by atoms with Gasteiger partial charge < -0.3 is 14.5 Å². The average Bonchev–Trinajstić information content (AvgIpc) is 3.11. The van der Waals surface area contributed by atoms with Crippen molar-refractivity contribution < 1.29 is 18.9 Å². The molecule has 7 nitrogen and oxygen atoms in total. The van der Waals surface area contributed by atoms with Crippen LogP contribution in [0.15, 0.2) is 59.0 Å². The zero-order valence-corrected chi connectivity index (χ0v) is 14.2. The number of carbonyl (C=O) groups excluding carboxylic acids is 1. The van der Waals surface area contributed by atoms with Gasteiger partial charge >= 0.3 is 0 Å². The fraction of sp³-hybridized carbons (Fsp3) is 0.105. The highest BCUT2D eigenvalue weighted by Crippen LogP contribution is 2.29. The van der Waals surface area contributed by atoms with Crippen LogP contribution in [0.4, 0.5) is 11.4 Å². The second kappa shape index (κ2) is 7.10. The van der Waals surface area contributed by atoms with Crippen molar-refractivity contribution >= 4 is 17.3 Å². The summed E-state index contributed by atoms with van der Waals surface area (Å²) in [6.45, 7) is 1.75. The number of carbonyl (C=O) groups is 1. The number of nitrogens with zero attached hydrogens (tertiary/aromatic N) is 1. The van der Waals surface area contributed by atoms with E-state index in [9.17, 15) is 14.9 Å². The number of non-ortho nitro benzene ring substituents is 1. The van der Waals surface area contributed by atoms with Gasteiger partial charge in [-0.1, -0.05) is 6.07 Å². The molecule has 0 saturated carbocycles. The number of aryl methyl sites for hydroxylation is 1. The summed E-state index contributed by atoms with van der Waals surface area (Å²) in [5.74, 6) is 0.835. The number of furan rings is 1. The van der Waals surface area contributed by atoms with Gasteiger partial charge in [0.05, 0.1) is 12.0 Å². The van der Waals surface area contributed by atoms with Gasteiger partial charge in [-0.25, -0.2) is 0 Å². The zero-order valence-electron chi connectivity index (χ0n) is 14.2. The van der Waals surface area contributed by atoms with E-state index in [-0.39, 0.29) is 11.4 Å². The Balaban J connectivity index is 1.81. The lowest BCUT2D eigenvalue weighted by Gasteiger charge is -2.06. The summed E-state index contributed by atoms with van der Waals surface area (Å²) in [5, 5.41) is 13.6. The highest BCUT2D eigenvalue weighted by Gasteiger charge is 2.15. The van der Waals surface area contributed by atoms with Gasteiger partial charge in [0.25, 0.3) is 11.6 Å². The Hall–Kier alpha value is -3.61. The molecule has 1 N–H and O–H groups in total. The minimum atomic E-state index is -0.452. The summed E-state index contributed by atoms with van der Waals surface area (Å²) in [5.41, 5.74) is 1.97. The Morgan fingerprint density at radius 3 is 2.65 bits per heavy atom. The van der Waals surface area contributed by atoms with Crippen molar-refractivity contribution in [1.82, 2.24) is 0 Å². The Morgan fingerprint density at radius 1 is 1.15 bits per heavy atom. The molecule has 1 aromatic heterocycles. The molecule has 0 aliphatic rings. The minimum absolute atomic E-state index is 0.00815. The lowest BCUT2D eigenvalue weighted by atomic mass is 10.1. The van der Waals surface area contributed by atoms with Gasteiger partial charge in [-0.15, -0.1) is 0 Å². The molecular weight excluding hydrogens is 336 g/mol. The van der Waals surface area contributed by atoms with Gasteiger partial charge in [0.15, 0.2) is 5.76 Å². The van der Waals surface area contributed by atoms with E-state index in [2.05, 4.69) is 5.32 Å². The van der Waals surface area contributed by atoms with Crippen molar-refractivity contribution in [2.45, 2.75) is 6.92 Å². The van der Waals surface area contributed by atoms with E-state index in [4.69, 9.17) is 9.15 Å². The van der Waals surface area contributed by atoms with Crippen molar-refractivity contribution in [2.24, 2.45) is 0 Å². The van der Waals surface area contributed by atoms with Gasteiger partial charge in [0, 0.05) is 29.4 Å². The van der Waals surface area contributed by atoms with Crippen LogP contribution in [0.5, 0.6) is 5.75 Å². The molecular formula is C19H16N2O5. The van der Waals surface area contributed by atoms with E-state index in [1.54, 1.807) is 56.5 Å². The monoisotopic (exact) mass is 352 g/mol. The van der Waals surface area contributed by atoms with Crippen LogP contribution in [0.25, 0.3) is 11.3 Å². The van der Waals surface area contributed by atoms with Gasteiger partial charge in [0.2, 0.25) is 0 Å². The number of amides is 1. The summed E-state index contributed by atoms with van der Waals surface area (Å²) < 4.78 is 10.7. The maximum atomic E-state index is 12.4. The largest absolute Gasteiger partial charge is 0.497 e. The number of ether oxygens (including phenoxy) is 1. The highest BCUT2D eigenvalue weighted by molar-refractivity contribution is 6.02. The second-order valence-corrected chi connectivity index (χ2v) is 5.61. The van der Waals surface area contributed by atoms with Gasteiger partial charge in [-0.3, -0.25) is 14.9 Å². The Bertz CT molecular complexity index is 978. The maximum absolute atomic E-state index is 12.4. The number of nitrogens with one attached hydrogen (secondary N) is 1. The summed E-state index contributed by atoms with van der Waals surface area (Å²) in [4.78, 5) is 22.7. The van der Waals surface area contributed by atoms with Crippen molar-refractivity contribution in [3.8, 4) is 17.1 Å². The standard InChI is InChI=1S/C19H16N2O5/c1-12-10-14(21(23)24)6-7-16(12)17-8-9-18(26-17)19(22)20-13-4-3-5-15(11-13)25-2/h3-11H,1-2H3,(H,20,22). The van der Waals surface area contributed by atoms with Crippen LogP contribution in [0.1, 0.15) is 16.1 Å². The fourth-order valence-electron chi connectivity index (χ4n) is 2.54. The molecule has 0 bridgehead atoms. The maximum Gasteiger partial charge on any atom is 0.291 e. The second-order valence-electron chi connectivity index (χ2n) is 5.61. The summed E-state index contributed by atoms with van der Waals surface area (Å²) in [6, 6.07) is 14.7. The third-order valence-electron chi connectivity index (χ3n) is 3.84.